The van der Waals surface area contributed by atoms with Gasteiger partial charge in [-0.2, -0.15) is 4.31 Å². The van der Waals surface area contributed by atoms with Gasteiger partial charge in [0, 0.05) is 31.7 Å². The molecule has 1 N–H and O–H groups in total. The average Bonchev–Trinajstić information content (AvgIpc) is 2.92. The number of sulfonamides is 1. The van der Waals surface area contributed by atoms with E-state index in [1.54, 1.807) is 29.1 Å². The molecule has 0 fully saturated rings. The van der Waals surface area contributed by atoms with Crippen LogP contribution in [0.1, 0.15) is 18.3 Å². The monoisotopic (exact) mass is 309 g/mol. The van der Waals surface area contributed by atoms with Crippen molar-refractivity contribution in [3.63, 3.8) is 0 Å². The largest absolute Gasteiger partial charge is 0.390 e. The molecule has 0 radical (unpaired) electrons. The molecule has 114 valence electrons. The molecule has 0 aliphatic rings. The van der Waals surface area contributed by atoms with Crippen molar-refractivity contribution in [2.45, 2.75) is 31.5 Å². The van der Waals surface area contributed by atoms with Crippen molar-refractivity contribution in [3.8, 4) is 0 Å². The summed E-state index contributed by atoms with van der Waals surface area (Å²) in [7, 11) is -2.08. The summed E-state index contributed by atoms with van der Waals surface area (Å²) >= 11 is 0. The second-order valence-electron chi connectivity index (χ2n) is 4.69. The summed E-state index contributed by atoms with van der Waals surface area (Å²) in [6.45, 7) is 2.52. The maximum Gasteiger partial charge on any atom is 0.244 e. The SMILES string of the molecule is CCn1cc(S(=O)(=O)N(C)Cc2ccccn2)cc1CO. The molecule has 2 aromatic heterocycles. The van der Waals surface area contributed by atoms with Gasteiger partial charge in [0.1, 0.15) is 4.90 Å². The molecule has 0 aliphatic heterocycles. The predicted octanol–water partition coefficient (Wildman–Crippen LogP) is 1.22. The van der Waals surface area contributed by atoms with Gasteiger partial charge in [0.15, 0.2) is 0 Å². The molecule has 2 aromatic rings. The zero-order valence-electron chi connectivity index (χ0n) is 12.1. The molecular weight excluding hydrogens is 290 g/mol. The second kappa shape index (κ2) is 6.38. The average molecular weight is 309 g/mol. The fourth-order valence-corrected chi connectivity index (χ4v) is 3.29. The Morgan fingerprint density at radius 1 is 1.38 bits per heavy atom. The first kappa shape index (κ1) is 15.7. The van der Waals surface area contributed by atoms with Crippen LogP contribution in [0.15, 0.2) is 41.6 Å². The lowest BCUT2D eigenvalue weighted by Crippen LogP contribution is -2.26. The van der Waals surface area contributed by atoms with Gasteiger partial charge in [-0.25, -0.2) is 8.42 Å². The fraction of sp³-hybridized carbons (Fsp3) is 0.357. The molecule has 0 spiro atoms. The Hall–Kier alpha value is -1.70. The van der Waals surface area contributed by atoms with Crippen LogP contribution in [0.25, 0.3) is 0 Å². The maximum atomic E-state index is 12.5. The van der Waals surface area contributed by atoms with Gasteiger partial charge >= 0.3 is 0 Å². The van der Waals surface area contributed by atoms with Crippen molar-refractivity contribution in [2.24, 2.45) is 0 Å². The van der Waals surface area contributed by atoms with E-state index in [0.29, 0.717) is 17.9 Å². The Morgan fingerprint density at radius 2 is 2.14 bits per heavy atom. The Kier molecular flexibility index (Phi) is 4.76. The number of aliphatic hydroxyl groups excluding tert-OH is 1. The lowest BCUT2D eigenvalue weighted by molar-refractivity contribution is 0.271. The first-order chi connectivity index (χ1) is 9.98. The van der Waals surface area contributed by atoms with Gasteiger partial charge in [0.05, 0.1) is 18.8 Å². The van der Waals surface area contributed by atoms with Crippen molar-refractivity contribution in [1.82, 2.24) is 13.9 Å². The highest BCUT2D eigenvalue weighted by atomic mass is 32.2. The third-order valence-corrected chi connectivity index (χ3v) is 5.05. The smallest absolute Gasteiger partial charge is 0.244 e. The fourth-order valence-electron chi connectivity index (χ4n) is 2.08. The summed E-state index contributed by atoms with van der Waals surface area (Å²) in [6, 6.07) is 6.89. The molecule has 0 saturated heterocycles. The minimum absolute atomic E-state index is 0.187. The molecule has 6 nitrogen and oxygen atoms in total. The Bertz CT molecular complexity index is 674. The van der Waals surface area contributed by atoms with E-state index in [1.807, 2.05) is 13.0 Å². The van der Waals surface area contributed by atoms with Gasteiger partial charge in [-0.1, -0.05) is 6.07 Å². The first-order valence-electron chi connectivity index (χ1n) is 6.65. The van der Waals surface area contributed by atoms with Gasteiger partial charge in [0.25, 0.3) is 0 Å². The van der Waals surface area contributed by atoms with E-state index >= 15 is 0 Å². The molecule has 7 heteroatoms. The van der Waals surface area contributed by atoms with Gasteiger partial charge in [-0.15, -0.1) is 0 Å². The van der Waals surface area contributed by atoms with Crippen LogP contribution < -0.4 is 0 Å². The van der Waals surface area contributed by atoms with Crippen LogP contribution in [-0.2, 0) is 29.7 Å². The Morgan fingerprint density at radius 3 is 2.67 bits per heavy atom. The number of aliphatic hydroxyl groups is 1. The summed E-state index contributed by atoms with van der Waals surface area (Å²) in [4.78, 5) is 4.32. The topological polar surface area (TPSA) is 75.4 Å². The van der Waals surface area contributed by atoms with Crippen molar-refractivity contribution in [1.29, 1.82) is 0 Å². The molecule has 0 aliphatic carbocycles. The van der Waals surface area contributed by atoms with E-state index in [9.17, 15) is 13.5 Å². The standard InChI is InChI=1S/C14H19N3O3S/c1-3-17-10-14(8-13(17)11-18)21(19,20)16(2)9-12-6-4-5-7-15-12/h4-8,10,18H,3,9,11H2,1-2H3. The summed E-state index contributed by atoms with van der Waals surface area (Å²) in [5, 5.41) is 9.26. The van der Waals surface area contributed by atoms with Crippen LogP contribution >= 0.6 is 0 Å². The minimum atomic E-state index is -3.60. The van der Waals surface area contributed by atoms with Crippen LogP contribution in [0.4, 0.5) is 0 Å². The summed E-state index contributed by atoms with van der Waals surface area (Å²) in [5.41, 5.74) is 1.27. The lowest BCUT2D eigenvalue weighted by atomic mass is 10.3. The first-order valence-corrected chi connectivity index (χ1v) is 8.09. The van der Waals surface area contributed by atoms with Crippen LogP contribution in [-0.4, -0.2) is 34.4 Å². The van der Waals surface area contributed by atoms with Gasteiger partial charge in [-0.05, 0) is 25.1 Å². The zero-order chi connectivity index (χ0) is 15.5. The van der Waals surface area contributed by atoms with Crippen LogP contribution in [0, 0.1) is 0 Å². The summed E-state index contributed by atoms with van der Waals surface area (Å²) in [5.74, 6) is 0. The number of hydrogen-bond donors (Lipinski definition) is 1. The van der Waals surface area contributed by atoms with Crippen molar-refractivity contribution < 1.29 is 13.5 Å². The highest BCUT2D eigenvalue weighted by molar-refractivity contribution is 7.89. The number of rotatable bonds is 6. The summed E-state index contributed by atoms with van der Waals surface area (Å²) < 4.78 is 28.1. The van der Waals surface area contributed by atoms with Crippen LogP contribution in [0.5, 0.6) is 0 Å². The quantitative estimate of drug-likeness (QED) is 0.870. The van der Waals surface area contributed by atoms with Gasteiger partial charge in [-0.3, -0.25) is 4.98 Å². The molecular formula is C14H19N3O3S. The Balaban J connectivity index is 2.26. The van der Waals surface area contributed by atoms with Gasteiger partial charge in [0.2, 0.25) is 10.0 Å². The minimum Gasteiger partial charge on any atom is -0.390 e. The molecule has 0 atom stereocenters. The lowest BCUT2D eigenvalue weighted by Gasteiger charge is -2.15. The van der Waals surface area contributed by atoms with E-state index in [1.165, 1.54) is 17.4 Å². The number of hydrogen-bond acceptors (Lipinski definition) is 4. The van der Waals surface area contributed by atoms with E-state index in [4.69, 9.17) is 0 Å². The van der Waals surface area contributed by atoms with Crippen molar-refractivity contribution in [2.75, 3.05) is 7.05 Å². The molecule has 0 bridgehead atoms. The molecule has 0 saturated carbocycles. The zero-order valence-corrected chi connectivity index (χ0v) is 12.9. The number of pyridine rings is 1. The second-order valence-corrected chi connectivity index (χ2v) is 6.74. The Labute approximate surface area is 124 Å². The molecule has 2 heterocycles. The highest BCUT2D eigenvalue weighted by Gasteiger charge is 2.23. The third-order valence-electron chi connectivity index (χ3n) is 3.28. The number of aryl methyl sites for hydroxylation is 1. The van der Waals surface area contributed by atoms with E-state index in [0.717, 1.165) is 0 Å². The van der Waals surface area contributed by atoms with Gasteiger partial charge < -0.3 is 9.67 Å². The van der Waals surface area contributed by atoms with Crippen LogP contribution in [0.2, 0.25) is 0 Å². The molecule has 0 aromatic carbocycles. The number of nitrogens with zero attached hydrogens (tertiary/aromatic N) is 3. The van der Waals surface area contributed by atoms with E-state index in [2.05, 4.69) is 4.98 Å². The van der Waals surface area contributed by atoms with E-state index < -0.39 is 10.0 Å². The maximum absolute atomic E-state index is 12.5. The van der Waals surface area contributed by atoms with Crippen molar-refractivity contribution >= 4 is 10.0 Å². The molecule has 0 amide bonds. The normalized spacial score (nSPS) is 12.0. The van der Waals surface area contributed by atoms with Crippen LogP contribution in [0.3, 0.4) is 0 Å². The predicted molar refractivity (Wildman–Crippen MR) is 78.9 cm³/mol. The molecule has 0 unspecified atom stereocenters. The number of aromatic nitrogens is 2. The molecule has 2 rings (SSSR count). The van der Waals surface area contributed by atoms with Crippen molar-refractivity contribution in [3.05, 3.63) is 48.0 Å². The highest BCUT2D eigenvalue weighted by Crippen LogP contribution is 2.19. The molecule has 21 heavy (non-hydrogen) atoms. The summed E-state index contributed by atoms with van der Waals surface area (Å²) in [6.07, 6.45) is 3.18. The van der Waals surface area contributed by atoms with E-state index in [-0.39, 0.29) is 18.0 Å². The third kappa shape index (κ3) is 3.31.